The van der Waals surface area contributed by atoms with Crippen molar-refractivity contribution in [3.8, 4) is 11.3 Å². The molecule has 0 bridgehead atoms. The molecular formula is C13H16N2O2. The molecule has 2 N–H and O–H groups in total. The quantitative estimate of drug-likeness (QED) is 0.855. The van der Waals surface area contributed by atoms with Gasteiger partial charge in [-0.1, -0.05) is 12.8 Å². The third-order valence-electron chi connectivity index (χ3n) is 3.62. The maximum Gasteiger partial charge on any atom is 0.101 e. The highest BCUT2D eigenvalue weighted by Crippen LogP contribution is 2.37. The van der Waals surface area contributed by atoms with Crippen LogP contribution in [0.3, 0.4) is 0 Å². The number of aliphatic hydroxyl groups is 1. The van der Waals surface area contributed by atoms with Crippen LogP contribution in [0, 0.1) is 0 Å². The third kappa shape index (κ3) is 1.78. The van der Waals surface area contributed by atoms with Gasteiger partial charge in [0.2, 0.25) is 0 Å². The van der Waals surface area contributed by atoms with E-state index in [4.69, 9.17) is 4.42 Å². The van der Waals surface area contributed by atoms with E-state index in [1.54, 1.807) is 12.5 Å². The monoisotopic (exact) mass is 232 g/mol. The number of aliphatic hydroxyl groups excluding tert-OH is 1. The summed E-state index contributed by atoms with van der Waals surface area (Å²) in [4.78, 5) is 0. The van der Waals surface area contributed by atoms with E-state index < -0.39 is 0 Å². The number of aromatic nitrogens is 2. The van der Waals surface area contributed by atoms with E-state index in [-0.39, 0.29) is 6.61 Å². The molecule has 0 amide bonds. The molecule has 3 rings (SSSR count). The number of nitrogens with zero attached hydrogens (tertiary/aromatic N) is 1. The number of nitrogens with one attached hydrogen (secondary N) is 1. The Morgan fingerprint density at radius 2 is 2.24 bits per heavy atom. The Labute approximate surface area is 99.7 Å². The van der Waals surface area contributed by atoms with Gasteiger partial charge in [0.25, 0.3) is 0 Å². The van der Waals surface area contributed by atoms with Crippen LogP contribution < -0.4 is 0 Å². The molecule has 0 atom stereocenters. The summed E-state index contributed by atoms with van der Waals surface area (Å²) in [5.74, 6) is 0.533. The van der Waals surface area contributed by atoms with Gasteiger partial charge >= 0.3 is 0 Å². The van der Waals surface area contributed by atoms with Gasteiger partial charge in [-0.3, -0.25) is 5.10 Å². The van der Waals surface area contributed by atoms with E-state index in [2.05, 4.69) is 10.2 Å². The molecule has 1 saturated carbocycles. The first-order valence-electron chi connectivity index (χ1n) is 6.10. The van der Waals surface area contributed by atoms with Gasteiger partial charge in [-0.05, 0) is 18.9 Å². The lowest BCUT2D eigenvalue weighted by Crippen LogP contribution is -1.98. The molecule has 2 aromatic rings. The molecule has 1 aliphatic rings. The van der Waals surface area contributed by atoms with Gasteiger partial charge in [0.15, 0.2) is 0 Å². The molecule has 0 saturated heterocycles. The molecule has 90 valence electrons. The van der Waals surface area contributed by atoms with Crippen LogP contribution in [0.15, 0.2) is 23.0 Å². The lowest BCUT2D eigenvalue weighted by Gasteiger charge is -2.08. The predicted octanol–water partition coefficient (Wildman–Crippen LogP) is 2.82. The van der Waals surface area contributed by atoms with E-state index in [9.17, 15) is 5.11 Å². The summed E-state index contributed by atoms with van der Waals surface area (Å²) in [6.07, 6.45) is 8.22. The van der Waals surface area contributed by atoms with Crippen molar-refractivity contribution in [1.82, 2.24) is 10.2 Å². The van der Waals surface area contributed by atoms with Gasteiger partial charge in [0.1, 0.15) is 5.69 Å². The molecule has 2 aromatic heterocycles. The van der Waals surface area contributed by atoms with Crippen LogP contribution >= 0.6 is 0 Å². The SMILES string of the molecule is OCc1c(-c2ccoc2)n[nH]c1C1CCCC1. The second-order valence-corrected chi connectivity index (χ2v) is 4.62. The van der Waals surface area contributed by atoms with Crippen LogP contribution in [0.5, 0.6) is 0 Å². The second-order valence-electron chi connectivity index (χ2n) is 4.62. The fraction of sp³-hybridized carbons (Fsp3) is 0.462. The average molecular weight is 232 g/mol. The normalized spacial score (nSPS) is 16.8. The highest BCUT2D eigenvalue weighted by atomic mass is 16.3. The van der Waals surface area contributed by atoms with Crippen LogP contribution in [0.4, 0.5) is 0 Å². The van der Waals surface area contributed by atoms with Crippen molar-refractivity contribution in [2.24, 2.45) is 0 Å². The first kappa shape index (κ1) is 10.6. The van der Waals surface area contributed by atoms with E-state index in [0.717, 1.165) is 22.5 Å². The highest BCUT2D eigenvalue weighted by Gasteiger charge is 2.24. The maximum absolute atomic E-state index is 9.56. The second kappa shape index (κ2) is 4.37. The number of aromatic amines is 1. The summed E-state index contributed by atoms with van der Waals surface area (Å²) in [5.41, 5.74) is 3.79. The van der Waals surface area contributed by atoms with Crippen LogP contribution in [0.1, 0.15) is 42.9 Å². The molecule has 17 heavy (non-hydrogen) atoms. The smallest absolute Gasteiger partial charge is 0.101 e. The number of hydrogen-bond donors (Lipinski definition) is 2. The molecule has 0 unspecified atom stereocenters. The summed E-state index contributed by atoms with van der Waals surface area (Å²) >= 11 is 0. The Morgan fingerprint density at radius 3 is 2.88 bits per heavy atom. The molecule has 1 aliphatic carbocycles. The molecule has 0 aliphatic heterocycles. The van der Waals surface area contributed by atoms with Crippen molar-refractivity contribution in [3.63, 3.8) is 0 Å². The Balaban J connectivity index is 2.00. The largest absolute Gasteiger partial charge is 0.472 e. The molecule has 0 radical (unpaired) electrons. The van der Waals surface area contributed by atoms with Crippen LogP contribution in [-0.2, 0) is 6.61 Å². The van der Waals surface area contributed by atoms with Crippen LogP contribution in [0.2, 0.25) is 0 Å². The molecule has 1 fully saturated rings. The number of furan rings is 1. The zero-order valence-corrected chi connectivity index (χ0v) is 9.65. The van der Waals surface area contributed by atoms with Crippen molar-refractivity contribution in [2.75, 3.05) is 0 Å². The zero-order valence-electron chi connectivity index (χ0n) is 9.65. The molecule has 0 aromatic carbocycles. The van der Waals surface area contributed by atoms with Crippen molar-refractivity contribution in [1.29, 1.82) is 0 Å². The Bertz CT molecular complexity index is 481. The van der Waals surface area contributed by atoms with Gasteiger partial charge < -0.3 is 9.52 Å². The van der Waals surface area contributed by atoms with Crippen molar-refractivity contribution >= 4 is 0 Å². The van der Waals surface area contributed by atoms with E-state index >= 15 is 0 Å². The van der Waals surface area contributed by atoms with Crippen LogP contribution in [-0.4, -0.2) is 15.3 Å². The minimum atomic E-state index is 0.0306. The summed E-state index contributed by atoms with van der Waals surface area (Å²) in [6.45, 7) is 0.0306. The predicted molar refractivity (Wildman–Crippen MR) is 63.4 cm³/mol. The first-order valence-corrected chi connectivity index (χ1v) is 6.10. The van der Waals surface area contributed by atoms with Crippen molar-refractivity contribution < 1.29 is 9.52 Å². The standard InChI is InChI=1S/C13H16N2O2/c16-7-11-12(9-3-1-2-4-9)14-15-13(11)10-5-6-17-8-10/h5-6,8-9,16H,1-4,7H2,(H,14,15). The average Bonchev–Trinajstić information content (AvgIpc) is 3.09. The third-order valence-corrected chi connectivity index (χ3v) is 3.62. The van der Waals surface area contributed by atoms with Gasteiger partial charge in [-0.25, -0.2) is 0 Å². The Kier molecular flexibility index (Phi) is 2.73. The minimum Gasteiger partial charge on any atom is -0.472 e. The molecule has 4 nitrogen and oxygen atoms in total. The Hall–Kier alpha value is -1.55. The maximum atomic E-state index is 9.56. The van der Waals surface area contributed by atoms with E-state index in [1.165, 1.54) is 25.7 Å². The minimum absolute atomic E-state index is 0.0306. The summed E-state index contributed by atoms with van der Waals surface area (Å²) in [7, 11) is 0. The van der Waals surface area contributed by atoms with Gasteiger partial charge in [0, 0.05) is 22.7 Å². The lowest BCUT2D eigenvalue weighted by atomic mass is 9.98. The fourth-order valence-electron chi connectivity index (χ4n) is 2.73. The summed E-state index contributed by atoms with van der Waals surface area (Å²) in [5, 5.41) is 17.0. The molecule has 4 heteroatoms. The number of rotatable bonds is 3. The van der Waals surface area contributed by atoms with E-state index in [1.807, 2.05) is 6.07 Å². The lowest BCUT2D eigenvalue weighted by molar-refractivity contribution is 0.280. The number of hydrogen-bond acceptors (Lipinski definition) is 3. The fourth-order valence-corrected chi connectivity index (χ4v) is 2.73. The number of H-pyrrole nitrogens is 1. The van der Waals surface area contributed by atoms with E-state index in [0.29, 0.717) is 5.92 Å². The van der Waals surface area contributed by atoms with Gasteiger partial charge in [-0.2, -0.15) is 5.10 Å². The summed E-state index contributed by atoms with van der Waals surface area (Å²) < 4.78 is 5.07. The molecular weight excluding hydrogens is 216 g/mol. The van der Waals surface area contributed by atoms with Gasteiger partial charge in [0.05, 0.1) is 19.1 Å². The Morgan fingerprint density at radius 1 is 1.41 bits per heavy atom. The van der Waals surface area contributed by atoms with Crippen molar-refractivity contribution in [2.45, 2.75) is 38.2 Å². The first-order chi connectivity index (χ1) is 8.40. The van der Waals surface area contributed by atoms with Crippen LogP contribution in [0.25, 0.3) is 11.3 Å². The zero-order chi connectivity index (χ0) is 11.7. The molecule has 0 spiro atoms. The summed E-state index contributed by atoms with van der Waals surface area (Å²) in [6, 6.07) is 1.87. The molecule has 2 heterocycles. The highest BCUT2D eigenvalue weighted by molar-refractivity contribution is 5.62. The van der Waals surface area contributed by atoms with Crippen molar-refractivity contribution in [3.05, 3.63) is 29.9 Å². The topological polar surface area (TPSA) is 62.1 Å². The van der Waals surface area contributed by atoms with Gasteiger partial charge in [-0.15, -0.1) is 0 Å².